The minimum atomic E-state index is -0.563. The number of methoxy groups -OCH3 is 1. The molecule has 0 unspecified atom stereocenters. The Hall–Kier alpha value is -4.99. The number of rotatable bonds is 9. The number of amides is 1. The predicted molar refractivity (Wildman–Crippen MR) is 145 cm³/mol. The second kappa shape index (κ2) is 12.3. The van der Waals surface area contributed by atoms with Crippen molar-refractivity contribution >= 4 is 28.5 Å². The van der Waals surface area contributed by atoms with Gasteiger partial charge >= 0.3 is 0 Å². The lowest BCUT2D eigenvalue weighted by atomic mass is 9.99. The molecule has 0 saturated carbocycles. The van der Waals surface area contributed by atoms with E-state index in [0.29, 0.717) is 40.8 Å². The molecule has 0 radical (unpaired) electrons. The number of nitriles is 2. The van der Waals surface area contributed by atoms with E-state index in [0.717, 1.165) is 21.7 Å². The van der Waals surface area contributed by atoms with Crippen LogP contribution in [0, 0.1) is 22.7 Å². The van der Waals surface area contributed by atoms with Crippen LogP contribution in [-0.2, 0) is 17.8 Å². The fourth-order valence-electron chi connectivity index (χ4n) is 3.59. The number of aromatic nitrogens is 2. The van der Waals surface area contributed by atoms with E-state index in [-0.39, 0.29) is 5.57 Å². The highest BCUT2D eigenvalue weighted by atomic mass is 32.1. The van der Waals surface area contributed by atoms with Gasteiger partial charge in [-0.25, -0.2) is 0 Å². The largest absolute Gasteiger partial charge is 0.493 e. The minimum Gasteiger partial charge on any atom is -0.493 e. The number of hydrogen-bond donors (Lipinski definition) is 1. The lowest BCUT2D eigenvalue weighted by molar-refractivity contribution is -0.112. The molecule has 1 N–H and O–H groups in total. The Bertz CT molecular complexity index is 1560. The van der Waals surface area contributed by atoms with Crippen LogP contribution < -0.4 is 14.8 Å². The molecule has 4 aromatic rings. The molecule has 1 aromatic heterocycles. The molecule has 1 heterocycles. The first-order valence-electron chi connectivity index (χ1n) is 11.7. The molecule has 0 aliphatic rings. The molecule has 38 heavy (non-hydrogen) atoms. The first-order valence-corrected chi connectivity index (χ1v) is 12.5. The first-order chi connectivity index (χ1) is 18.5. The SMILES string of the molecule is CCc1nnc(NC(=O)C(C#N)=Cc2ccc(OCc3ccc(-c4ccccc4C#N)cc3)c(OC)c2)s1. The molecule has 0 aliphatic carbocycles. The highest BCUT2D eigenvalue weighted by Crippen LogP contribution is 2.30. The summed E-state index contributed by atoms with van der Waals surface area (Å²) in [6.07, 6.45) is 2.19. The van der Waals surface area contributed by atoms with Crippen molar-refractivity contribution in [3.8, 4) is 34.8 Å². The maximum Gasteiger partial charge on any atom is 0.268 e. The number of anilines is 1. The van der Waals surface area contributed by atoms with Gasteiger partial charge in [0.2, 0.25) is 5.13 Å². The Kier molecular flexibility index (Phi) is 8.45. The minimum absolute atomic E-state index is 0.0768. The van der Waals surface area contributed by atoms with Gasteiger partial charge in [0.1, 0.15) is 23.3 Å². The maximum absolute atomic E-state index is 12.5. The van der Waals surface area contributed by atoms with Crippen molar-refractivity contribution in [1.29, 1.82) is 10.5 Å². The van der Waals surface area contributed by atoms with Crippen molar-refractivity contribution in [3.05, 3.63) is 94.0 Å². The van der Waals surface area contributed by atoms with E-state index < -0.39 is 5.91 Å². The fraction of sp³-hybridized carbons (Fsp3) is 0.138. The summed E-state index contributed by atoms with van der Waals surface area (Å²) in [5.41, 5.74) is 3.93. The van der Waals surface area contributed by atoms with Crippen LogP contribution in [0.2, 0.25) is 0 Å². The van der Waals surface area contributed by atoms with Gasteiger partial charge in [-0.05, 0) is 52.9 Å². The average molecular weight is 522 g/mol. The summed E-state index contributed by atoms with van der Waals surface area (Å²) in [6.45, 7) is 2.25. The Morgan fingerprint density at radius 1 is 1.05 bits per heavy atom. The van der Waals surface area contributed by atoms with Gasteiger partial charge in [0.05, 0.1) is 18.7 Å². The third-order valence-electron chi connectivity index (χ3n) is 5.56. The third-order valence-corrected chi connectivity index (χ3v) is 6.54. The lowest BCUT2D eigenvalue weighted by Crippen LogP contribution is -2.13. The predicted octanol–water partition coefficient (Wildman–Crippen LogP) is 5.77. The van der Waals surface area contributed by atoms with Gasteiger partial charge < -0.3 is 9.47 Å². The molecule has 8 nitrogen and oxygen atoms in total. The van der Waals surface area contributed by atoms with E-state index in [2.05, 4.69) is 21.6 Å². The normalized spacial score (nSPS) is 10.8. The average Bonchev–Trinajstić information content (AvgIpc) is 3.42. The van der Waals surface area contributed by atoms with Crippen LogP contribution in [0.25, 0.3) is 17.2 Å². The Balaban J connectivity index is 1.44. The maximum atomic E-state index is 12.5. The number of benzene rings is 3. The van der Waals surface area contributed by atoms with Crippen molar-refractivity contribution in [2.24, 2.45) is 0 Å². The number of aryl methyl sites for hydroxylation is 1. The Morgan fingerprint density at radius 2 is 1.84 bits per heavy atom. The van der Waals surface area contributed by atoms with Gasteiger partial charge in [-0.1, -0.05) is 66.8 Å². The van der Waals surface area contributed by atoms with Crippen LogP contribution >= 0.6 is 11.3 Å². The van der Waals surface area contributed by atoms with E-state index in [1.807, 2.05) is 55.5 Å². The standard InChI is InChI=1S/C29H23N5O3S/c1-3-27-33-34-29(38-27)32-28(35)23(17-31)14-20-10-13-25(26(15-20)36-2)37-18-19-8-11-21(12-9-19)24-7-5-4-6-22(24)16-30/h4-15H,3,18H2,1-2H3,(H,32,34,35). The summed E-state index contributed by atoms with van der Waals surface area (Å²) >= 11 is 1.27. The molecule has 3 aromatic carbocycles. The monoisotopic (exact) mass is 521 g/mol. The fourth-order valence-corrected chi connectivity index (χ4v) is 4.27. The summed E-state index contributed by atoms with van der Waals surface area (Å²) in [7, 11) is 1.52. The lowest BCUT2D eigenvalue weighted by Gasteiger charge is -2.12. The van der Waals surface area contributed by atoms with E-state index in [1.165, 1.54) is 24.5 Å². The molecule has 0 fully saturated rings. The van der Waals surface area contributed by atoms with Crippen molar-refractivity contribution in [2.75, 3.05) is 12.4 Å². The van der Waals surface area contributed by atoms with Crippen molar-refractivity contribution in [3.63, 3.8) is 0 Å². The number of carbonyl (C=O) groups excluding carboxylic acids is 1. The highest BCUT2D eigenvalue weighted by molar-refractivity contribution is 7.15. The molecule has 9 heteroatoms. The molecular formula is C29H23N5O3S. The molecule has 0 atom stereocenters. The molecule has 4 rings (SSSR count). The van der Waals surface area contributed by atoms with E-state index in [9.17, 15) is 15.3 Å². The first kappa shape index (κ1) is 26.1. The van der Waals surface area contributed by atoms with Crippen LogP contribution in [0.3, 0.4) is 0 Å². The smallest absolute Gasteiger partial charge is 0.268 e. The second-order valence-corrected chi connectivity index (χ2v) is 9.09. The highest BCUT2D eigenvalue weighted by Gasteiger charge is 2.14. The Morgan fingerprint density at radius 3 is 2.53 bits per heavy atom. The van der Waals surface area contributed by atoms with E-state index in [1.54, 1.807) is 24.3 Å². The molecule has 0 bridgehead atoms. The molecule has 0 aliphatic heterocycles. The van der Waals surface area contributed by atoms with Gasteiger partial charge in [0.15, 0.2) is 11.5 Å². The number of hydrogen-bond acceptors (Lipinski definition) is 8. The topological polar surface area (TPSA) is 121 Å². The van der Waals surface area contributed by atoms with E-state index >= 15 is 0 Å². The Labute approximate surface area is 224 Å². The summed E-state index contributed by atoms with van der Waals surface area (Å²) in [5, 5.41) is 30.5. The van der Waals surface area contributed by atoms with Crippen molar-refractivity contribution in [1.82, 2.24) is 10.2 Å². The zero-order chi connectivity index (χ0) is 26.9. The summed E-state index contributed by atoms with van der Waals surface area (Å²) < 4.78 is 11.5. The van der Waals surface area contributed by atoms with Crippen LogP contribution in [0.5, 0.6) is 11.5 Å². The van der Waals surface area contributed by atoms with Crippen molar-refractivity contribution < 1.29 is 14.3 Å². The van der Waals surface area contributed by atoms with Gasteiger partial charge in [-0.15, -0.1) is 10.2 Å². The summed E-state index contributed by atoms with van der Waals surface area (Å²) in [5.74, 6) is 0.423. The molecular weight excluding hydrogens is 498 g/mol. The second-order valence-electron chi connectivity index (χ2n) is 8.03. The number of nitrogens with zero attached hydrogens (tertiary/aromatic N) is 4. The van der Waals surface area contributed by atoms with Crippen LogP contribution in [-0.4, -0.2) is 23.2 Å². The number of carbonyl (C=O) groups is 1. The molecule has 188 valence electrons. The van der Waals surface area contributed by atoms with Crippen LogP contribution in [0.4, 0.5) is 5.13 Å². The summed E-state index contributed by atoms with van der Waals surface area (Å²) in [4.78, 5) is 12.5. The number of nitrogens with one attached hydrogen (secondary N) is 1. The quantitative estimate of drug-likeness (QED) is 0.219. The molecule has 1 amide bonds. The van der Waals surface area contributed by atoms with Gasteiger partial charge in [0.25, 0.3) is 5.91 Å². The van der Waals surface area contributed by atoms with Crippen LogP contribution in [0.1, 0.15) is 28.6 Å². The van der Waals surface area contributed by atoms with Gasteiger partial charge in [0, 0.05) is 0 Å². The van der Waals surface area contributed by atoms with Crippen LogP contribution in [0.15, 0.2) is 72.3 Å². The summed E-state index contributed by atoms with van der Waals surface area (Å²) in [6, 6.07) is 24.6. The molecule has 0 spiro atoms. The number of ether oxygens (including phenoxy) is 2. The third kappa shape index (κ3) is 6.22. The van der Waals surface area contributed by atoms with Gasteiger partial charge in [-0.2, -0.15) is 10.5 Å². The zero-order valence-corrected chi connectivity index (χ0v) is 21.6. The van der Waals surface area contributed by atoms with Crippen molar-refractivity contribution in [2.45, 2.75) is 20.0 Å². The van der Waals surface area contributed by atoms with Gasteiger partial charge in [-0.3, -0.25) is 10.1 Å². The zero-order valence-electron chi connectivity index (χ0n) is 20.8. The van der Waals surface area contributed by atoms with E-state index in [4.69, 9.17) is 9.47 Å². The molecule has 0 saturated heterocycles.